The zero-order valence-electron chi connectivity index (χ0n) is 26.1. The molecule has 0 saturated carbocycles. The number of aromatic nitrogens is 2. The molecule has 0 amide bonds. The number of thiazole rings is 1. The molecule has 6 rings (SSSR count). The Morgan fingerprint density at radius 2 is 1.78 bits per heavy atom. The molecule has 0 fully saturated rings. The van der Waals surface area contributed by atoms with Crippen molar-refractivity contribution in [1.29, 1.82) is 0 Å². The van der Waals surface area contributed by atoms with Gasteiger partial charge in [-0.2, -0.15) is 0 Å². The van der Waals surface area contributed by atoms with Gasteiger partial charge in [-0.3, -0.25) is 9.36 Å². The number of para-hydroxylation sites is 2. The van der Waals surface area contributed by atoms with Crippen molar-refractivity contribution in [1.82, 2.24) is 9.13 Å². The number of esters is 1. The molecule has 5 aromatic rings. The highest BCUT2D eigenvalue weighted by Gasteiger charge is 2.35. The summed E-state index contributed by atoms with van der Waals surface area (Å²) >= 11 is 13.8. The van der Waals surface area contributed by atoms with Crippen molar-refractivity contribution in [3.8, 4) is 5.75 Å². The molecule has 0 N–H and O–H groups in total. The second kappa shape index (κ2) is 12.9. The number of hydrogen-bond donors (Lipinski definition) is 0. The molecule has 1 aliphatic heterocycles. The summed E-state index contributed by atoms with van der Waals surface area (Å²) in [5.74, 6) is 0.0818. The molecular formula is C36H33Cl2N3O4S. The van der Waals surface area contributed by atoms with E-state index in [4.69, 9.17) is 37.7 Å². The van der Waals surface area contributed by atoms with Crippen LogP contribution >= 0.6 is 34.5 Å². The third-order valence-electron chi connectivity index (χ3n) is 7.97. The second-order valence-electron chi connectivity index (χ2n) is 11.4. The van der Waals surface area contributed by atoms with E-state index >= 15 is 0 Å². The summed E-state index contributed by atoms with van der Waals surface area (Å²) in [7, 11) is 0. The van der Waals surface area contributed by atoms with Gasteiger partial charge in [0, 0.05) is 34.3 Å². The Bertz CT molecular complexity index is 2210. The fourth-order valence-electron chi connectivity index (χ4n) is 5.95. The predicted octanol–water partition coefficient (Wildman–Crippen LogP) is 7.20. The van der Waals surface area contributed by atoms with Crippen LogP contribution in [-0.2, 0) is 16.1 Å². The third-order valence-corrected chi connectivity index (χ3v) is 9.70. The number of ether oxygens (including phenoxy) is 2. The minimum Gasteiger partial charge on any atom is -0.491 e. The fraction of sp³-hybridized carbons (Fsp3) is 0.250. The molecule has 236 valence electrons. The van der Waals surface area contributed by atoms with E-state index in [-0.39, 0.29) is 18.3 Å². The molecule has 3 aromatic carbocycles. The molecule has 3 heterocycles. The van der Waals surface area contributed by atoms with Gasteiger partial charge in [-0.25, -0.2) is 9.79 Å². The van der Waals surface area contributed by atoms with E-state index in [9.17, 15) is 9.59 Å². The van der Waals surface area contributed by atoms with E-state index in [1.54, 1.807) is 24.5 Å². The lowest BCUT2D eigenvalue weighted by Crippen LogP contribution is -2.40. The number of allylic oxidation sites excluding steroid dienone is 1. The van der Waals surface area contributed by atoms with Gasteiger partial charge in [0.25, 0.3) is 5.56 Å². The lowest BCUT2D eigenvalue weighted by Gasteiger charge is -2.26. The molecule has 0 bridgehead atoms. The van der Waals surface area contributed by atoms with Gasteiger partial charge in [-0.15, -0.1) is 0 Å². The van der Waals surface area contributed by atoms with Crippen molar-refractivity contribution in [2.75, 3.05) is 6.61 Å². The van der Waals surface area contributed by atoms with E-state index in [1.165, 1.54) is 11.3 Å². The molecule has 46 heavy (non-hydrogen) atoms. The van der Waals surface area contributed by atoms with Crippen LogP contribution in [0.25, 0.3) is 17.0 Å². The van der Waals surface area contributed by atoms with Gasteiger partial charge in [-0.05, 0) is 70.5 Å². The molecule has 0 radical (unpaired) electrons. The Morgan fingerprint density at radius 1 is 1.04 bits per heavy atom. The lowest BCUT2D eigenvalue weighted by atomic mass is 9.95. The van der Waals surface area contributed by atoms with Crippen molar-refractivity contribution in [2.24, 2.45) is 4.99 Å². The number of rotatable bonds is 8. The highest BCUT2D eigenvalue weighted by atomic mass is 35.5. The quantitative estimate of drug-likeness (QED) is 0.163. The number of carbonyl (C=O) groups is 1. The molecule has 1 aliphatic rings. The normalized spacial score (nSPS) is 15.0. The maximum atomic E-state index is 14.4. The molecule has 0 saturated heterocycles. The molecule has 7 nitrogen and oxygen atoms in total. The second-order valence-corrected chi connectivity index (χ2v) is 13.2. The van der Waals surface area contributed by atoms with Gasteiger partial charge in [0.2, 0.25) is 0 Å². The van der Waals surface area contributed by atoms with E-state index in [0.29, 0.717) is 48.5 Å². The number of benzene rings is 3. The van der Waals surface area contributed by atoms with Crippen LogP contribution in [0.4, 0.5) is 0 Å². The monoisotopic (exact) mass is 673 g/mol. The summed E-state index contributed by atoms with van der Waals surface area (Å²) in [6, 6.07) is 20.5. The van der Waals surface area contributed by atoms with Gasteiger partial charge < -0.3 is 14.0 Å². The van der Waals surface area contributed by atoms with Gasteiger partial charge >= 0.3 is 5.97 Å². The Labute approximate surface area is 280 Å². The molecule has 0 spiro atoms. The van der Waals surface area contributed by atoms with Gasteiger partial charge in [0.1, 0.15) is 11.8 Å². The summed E-state index contributed by atoms with van der Waals surface area (Å²) in [4.78, 5) is 33.1. The zero-order valence-corrected chi connectivity index (χ0v) is 28.5. The number of hydrogen-bond acceptors (Lipinski definition) is 6. The Kier molecular flexibility index (Phi) is 8.97. The highest BCUT2D eigenvalue weighted by molar-refractivity contribution is 7.07. The summed E-state index contributed by atoms with van der Waals surface area (Å²) < 4.78 is 16.0. The van der Waals surface area contributed by atoms with Gasteiger partial charge in [0.15, 0.2) is 4.80 Å². The first kappa shape index (κ1) is 31.9. The van der Waals surface area contributed by atoms with Crippen LogP contribution in [0, 0.1) is 6.92 Å². The molecule has 0 aliphatic carbocycles. The summed E-state index contributed by atoms with van der Waals surface area (Å²) in [5.41, 5.74) is 5.23. The summed E-state index contributed by atoms with van der Waals surface area (Å²) in [6.45, 7) is 10.2. The van der Waals surface area contributed by atoms with Crippen LogP contribution in [0.5, 0.6) is 5.75 Å². The molecule has 0 unspecified atom stereocenters. The van der Waals surface area contributed by atoms with E-state index in [2.05, 4.69) is 16.7 Å². The third kappa shape index (κ3) is 5.81. The summed E-state index contributed by atoms with van der Waals surface area (Å²) in [5, 5.41) is 2.03. The van der Waals surface area contributed by atoms with Crippen LogP contribution in [0.15, 0.2) is 87.8 Å². The van der Waals surface area contributed by atoms with Crippen molar-refractivity contribution in [3.63, 3.8) is 0 Å². The topological polar surface area (TPSA) is 74.8 Å². The molecule has 1 atom stereocenters. The number of fused-ring (bicyclic) bond motifs is 2. The van der Waals surface area contributed by atoms with Gasteiger partial charge in [0.05, 0.1) is 38.6 Å². The number of carbonyl (C=O) groups excluding carboxylic acids is 1. The number of nitrogens with zero attached hydrogens (tertiary/aromatic N) is 3. The zero-order chi connectivity index (χ0) is 32.7. The van der Waals surface area contributed by atoms with Crippen molar-refractivity contribution in [3.05, 3.63) is 130 Å². The van der Waals surface area contributed by atoms with E-state index in [1.807, 2.05) is 75.4 Å². The first-order valence-electron chi connectivity index (χ1n) is 15.1. The van der Waals surface area contributed by atoms with Crippen LogP contribution in [0.3, 0.4) is 0 Å². The van der Waals surface area contributed by atoms with Crippen LogP contribution < -0.4 is 19.6 Å². The molecule has 10 heteroatoms. The minimum absolute atomic E-state index is 0.114. The smallest absolute Gasteiger partial charge is 0.338 e. The summed E-state index contributed by atoms with van der Waals surface area (Å²) in [6.07, 6.45) is 1.82. The van der Waals surface area contributed by atoms with Crippen LogP contribution in [-0.4, -0.2) is 27.8 Å². The fourth-order valence-corrected chi connectivity index (χ4v) is 7.30. The van der Waals surface area contributed by atoms with Crippen molar-refractivity contribution < 1.29 is 14.3 Å². The molecular weight excluding hydrogens is 641 g/mol. The number of halogens is 2. The van der Waals surface area contributed by atoms with Crippen molar-refractivity contribution >= 4 is 57.5 Å². The van der Waals surface area contributed by atoms with Gasteiger partial charge in [-0.1, -0.05) is 77.0 Å². The van der Waals surface area contributed by atoms with Crippen LogP contribution in [0.1, 0.15) is 56.1 Å². The Balaban J connectivity index is 1.55. The predicted molar refractivity (Wildman–Crippen MR) is 185 cm³/mol. The lowest BCUT2D eigenvalue weighted by molar-refractivity contribution is -0.139. The minimum atomic E-state index is -0.774. The Hall–Kier alpha value is -4.11. The van der Waals surface area contributed by atoms with E-state index < -0.39 is 12.0 Å². The van der Waals surface area contributed by atoms with Crippen molar-refractivity contribution in [2.45, 2.75) is 53.3 Å². The SMILES string of the molecule is CCOC(=O)C1=C(C)N=c2s/c(=C\c3c(C)n(Cc4ccc(Cl)c(Cl)c4)c4ccccc34)c(=O)n2[C@H]1c1ccccc1OC(C)C. The Morgan fingerprint density at radius 3 is 2.52 bits per heavy atom. The average Bonchev–Trinajstić information content (AvgIpc) is 3.46. The van der Waals surface area contributed by atoms with Crippen LogP contribution in [0.2, 0.25) is 10.0 Å². The largest absolute Gasteiger partial charge is 0.491 e. The first-order valence-corrected chi connectivity index (χ1v) is 16.6. The maximum Gasteiger partial charge on any atom is 0.338 e. The highest BCUT2D eigenvalue weighted by Crippen LogP contribution is 2.36. The first-order chi connectivity index (χ1) is 22.1. The molecule has 2 aromatic heterocycles. The average molecular weight is 675 g/mol. The maximum absolute atomic E-state index is 14.4. The standard InChI is InChI=1S/C36H33Cl2N3O4S/c1-6-44-35(43)32-21(4)39-36-41(33(32)25-12-8-10-14-30(25)45-20(2)3)34(42)31(46-36)18-26-22(5)40(29-13-9-7-11-24(26)29)19-23-15-16-27(37)28(38)17-23/h7-18,20,33H,6,19H2,1-5H3/b31-18-/t33-/m0/s1. The van der Waals surface area contributed by atoms with E-state index in [0.717, 1.165) is 27.7 Å².